The maximum absolute atomic E-state index is 12.3. The molecule has 0 saturated carbocycles. The smallest absolute Gasteiger partial charge is 0.266 e. The third-order valence-corrected chi connectivity index (χ3v) is 5.14. The largest absolute Gasteiger partial charge is 0.337 e. The highest BCUT2D eigenvalue weighted by Crippen LogP contribution is 2.18. The summed E-state index contributed by atoms with van der Waals surface area (Å²) in [6.45, 7) is 8.03. The first-order valence-electron chi connectivity index (χ1n) is 8.01. The van der Waals surface area contributed by atoms with E-state index in [4.69, 9.17) is 0 Å². The maximum atomic E-state index is 12.3. The van der Waals surface area contributed by atoms with Crippen molar-refractivity contribution >= 4 is 40.7 Å². The number of aromatic nitrogens is 2. The molecule has 0 bridgehead atoms. The predicted molar refractivity (Wildman–Crippen MR) is 102 cm³/mol. The molecule has 0 aliphatic heterocycles. The molecule has 2 aromatic rings. The van der Waals surface area contributed by atoms with Gasteiger partial charge in [-0.3, -0.25) is 9.59 Å². The molecule has 134 valence electrons. The van der Waals surface area contributed by atoms with Gasteiger partial charge in [0.2, 0.25) is 5.91 Å². The van der Waals surface area contributed by atoms with Crippen molar-refractivity contribution in [2.75, 3.05) is 11.1 Å². The summed E-state index contributed by atoms with van der Waals surface area (Å²) in [5.74, 6) is 0.572. The van der Waals surface area contributed by atoms with Gasteiger partial charge in [0.05, 0.1) is 10.6 Å². The van der Waals surface area contributed by atoms with Crippen molar-refractivity contribution in [2.45, 2.75) is 44.8 Å². The summed E-state index contributed by atoms with van der Waals surface area (Å²) < 4.78 is 0. The van der Waals surface area contributed by atoms with E-state index in [1.807, 2.05) is 44.0 Å². The highest BCUT2D eigenvalue weighted by Gasteiger charge is 2.20. The van der Waals surface area contributed by atoms with Crippen LogP contribution in [-0.2, 0) is 4.79 Å². The van der Waals surface area contributed by atoms with Crippen molar-refractivity contribution in [2.24, 2.45) is 0 Å². The molecule has 25 heavy (non-hydrogen) atoms. The van der Waals surface area contributed by atoms with E-state index in [-0.39, 0.29) is 23.9 Å². The molecule has 2 amide bonds. The second kappa shape index (κ2) is 8.96. The van der Waals surface area contributed by atoms with Crippen LogP contribution in [0.1, 0.15) is 37.4 Å². The summed E-state index contributed by atoms with van der Waals surface area (Å²) in [6, 6.07) is 7.33. The number of amides is 2. The number of nitrogens with zero attached hydrogens (tertiary/aromatic N) is 3. The fourth-order valence-corrected chi connectivity index (χ4v) is 3.73. The molecule has 0 spiro atoms. The molecule has 2 aromatic heterocycles. The molecule has 0 fully saturated rings. The lowest BCUT2D eigenvalue weighted by Gasteiger charge is -2.30. The van der Waals surface area contributed by atoms with E-state index < -0.39 is 0 Å². The number of carbonyl (C=O) groups is 2. The van der Waals surface area contributed by atoms with Crippen LogP contribution in [-0.4, -0.2) is 44.7 Å². The van der Waals surface area contributed by atoms with E-state index in [0.717, 1.165) is 0 Å². The third-order valence-electron chi connectivity index (χ3n) is 3.37. The summed E-state index contributed by atoms with van der Waals surface area (Å²) in [6.07, 6.45) is 0. The van der Waals surface area contributed by atoms with Gasteiger partial charge in [-0.2, -0.15) is 0 Å². The Morgan fingerprint density at radius 3 is 2.40 bits per heavy atom. The van der Waals surface area contributed by atoms with Crippen LogP contribution in [0.2, 0.25) is 0 Å². The van der Waals surface area contributed by atoms with Gasteiger partial charge in [0.15, 0.2) is 5.82 Å². The molecule has 0 saturated heterocycles. The minimum atomic E-state index is -0.204. The fourth-order valence-electron chi connectivity index (χ4n) is 2.43. The van der Waals surface area contributed by atoms with Gasteiger partial charge in [0.25, 0.3) is 5.91 Å². The van der Waals surface area contributed by atoms with Crippen LogP contribution < -0.4 is 5.32 Å². The van der Waals surface area contributed by atoms with E-state index in [2.05, 4.69) is 15.5 Å². The number of rotatable bonds is 7. The lowest BCUT2D eigenvalue weighted by Crippen LogP contribution is -2.43. The Morgan fingerprint density at radius 2 is 1.88 bits per heavy atom. The fraction of sp³-hybridized carbons (Fsp3) is 0.412. The molecule has 1 N–H and O–H groups in total. The van der Waals surface area contributed by atoms with Gasteiger partial charge in [0, 0.05) is 12.1 Å². The van der Waals surface area contributed by atoms with Crippen molar-refractivity contribution in [3.8, 4) is 0 Å². The summed E-state index contributed by atoms with van der Waals surface area (Å²) in [4.78, 5) is 26.8. The Hall–Kier alpha value is -1.93. The second-order valence-corrected chi connectivity index (χ2v) is 7.91. The van der Waals surface area contributed by atoms with Crippen LogP contribution >= 0.6 is 23.1 Å². The molecule has 0 aliphatic carbocycles. The quantitative estimate of drug-likeness (QED) is 0.746. The molecular formula is C17H22N4O2S2. The zero-order chi connectivity index (χ0) is 18.4. The zero-order valence-electron chi connectivity index (χ0n) is 14.7. The van der Waals surface area contributed by atoms with Crippen molar-refractivity contribution in [3.05, 3.63) is 34.5 Å². The first-order valence-corrected chi connectivity index (χ1v) is 9.87. The Kier molecular flexibility index (Phi) is 6.95. The summed E-state index contributed by atoms with van der Waals surface area (Å²) >= 11 is 2.71. The van der Waals surface area contributed by atoms with E-state index in [1.165, 1.54) is 23.1 Å². The van der Waals surface area contributed by atoms with Crippen molar-refractivity contribution in [1.82, 2.24) is 15.1 Å². The van der Waals surface area contributed by atoms with Crippen molar-refractivity contribution in [1.29, 1.82) is 0 Å². The van der Waals surface area contributed by atoms with Crippen LogP contribution in [0.15, 0.2) is 34.7 Å². The number of thioether (sulfide) groups is 1. The first-order chi connectivity index (χ1) is 11.9. The zero-order valence-corrected chi connectivity index (χ0v) is 16.4. The predicted octanol–water partition coefficient (Wildman–Crippen LogP) is 3.53. The van der Waals surface area contributed by atoms with Gasteiger partial charge >= 0.3 is 0 Å². The van der Waals surface area contributed by atoms with Crippen LogP contribution in [0.25, 0.3) is 0 Å². The summed E-state index contributed by atoms with van der Waals surface area (Å²) in [5, 5.41) is 13.3. The Balaban J connectivity index is 1.90. The molecule has 2 heterocycles. The summed E-state index contributed by atoms with van der Waals surface area (Å²) in [7, 11) is 0. The van der Waals surface area contributed by atoms with E-state index in [9.17, 15) is 9.59 Å². The van der Waals surface area contributed by atoms with Gasteiger partial charge < -0.3 is 10.2 Å². The van der Waals surface area contributed by atoms with Gasteiger partial charge in [-0.05, 0) is 51.3 Å². The molecule has 0 radical (unpaired) electrons. The minimum absolute atomic E-state index is 0.0758. The number of hydrogen-bond donors (Lipinski definition) is 1. The lowest BCUT2D eigenvalue weighted by atomic mass is 10.2. The van der Waals surface area contributed by atoms with Crippen LogP contribution in [0.4, 0.5) is 5.82 Å². The molecule has 8 heteroatoms. The molecule has 0 atom stereocenters. The van der Waals surface area contributed by atoms with Crippen LogP contribution in [0, 0.1) is 0 Å². The number of nitrogens with one attached hydrogen (secondary N) is 1. The maximum Gasteiger partial charge on any atom is 0.266 e. The average Bonchev–Trinajstić information content (AvgIpc) is 3.08. The van der Waals surface area contributed by atoms with Gasteiger partial charge in [-0.25, -0.2) is 0 Å². The standard InChI is InChI=1S/C17H22N4O2S2/c1-11(2)21(12(3)4)16(22)10-25-15-8-7-14(19-20-15)18-17(23)13-6-5-9-24-13/h5-9,11-12H,10H2,1-4H3,(H,18,19,23). The van der Waals surface area contributed by atoms with Gasteiger partial charge in [-0.15, -0.1) is 21.5 Å². The van der Waals surface area contributed by atoms with Gasteiger partial charge in [0.1, 0.15) is 5.03 Å². The minimum Gasteiger partial charge on any atom is -0.337 e. The monoisotopic (exact) mass is 378 g/mol. The normalized spacial score (nSPS) is 11.0. The first kappa shape index (κ1) is 19.4. The van der Waals surface area contributed by atoms with Crippen LogP contribution in [0.5, 0.6) is 0 Å². The number of anilines is 1. The molecule has 0 aromatic carbocycles. The molecule has 2 rings (SSSR count). The molecule has 0 unspecified atom stereocenters. The van der Waals surface area contributed by atoms with Gasteiger partial charge in [-0.1, -0.05) is 17.8 Å². The molecule has 6 nitrogen and oxygen atoms in total. The molecule has 0 aliphatic rings. The molecular weight excluding hydrogens is 356 g/mol. The van der Waals surface area contributed by atoms with Crippen LogP contribution in [0.3, 0.4) is 0 Å². The number of carbonyl (C=O) groups excluding carboxylic acids is 2. The van der Waals surface area contributed by atoms with E-state index >= 15 is 0 Å². The number of hydrogen-bond acceptors (Lipinski definition) is 6. The van der Waals surface area contributed by atoms with E-state index in [0.29, 0.717) is 21.5 Å². The highest BCUT2D eigenvalue weighted by molar-refractivity contribution is 7.99. The lowest BCUT2D eigenvalue weighted by molar-refractivity contribution is -0.131. The Bertz CT molecular complexity index is 692. The Labute approximate surface area is 156 Å². The second-order valence-electron chi connectivity index (χ2n) is 5.97. The SMILES string of the molecule is CC(C)N(C(=O)CSc1ccc(NC(=O)c2cccs2)nn1)C(C)C. The Morgan fingerprint density at radius 1 is 1.16 bits per heavy atom. The average molecular weight is 379 g/mol. The number of thiophene rings is 1. The van der Waals surface area contributed by atoms with Crippen molar-refractivity contribution < 1.29 is 9.59 Å². The third kappa shape index (κ3) is 5.54. The summed E-state index contributed by atoms with van der Waals surface area (Å²) in [5.41, 5.74) is 0. The highest BCUT2D eigenvalue weighted by atomic mass is 32.2. The van der Waals surface area contributed by atoms with E-state index in [1.54, 1.807) is 18.2 Å². The topological polar surface area (TPSA) is 75.2 Å². The van der Waals surface area contributed by atoms with Crippen molar-refractivity contribution in [3.63, 3.8) is 0 Å².